The maximum absolute atomic E-state index is 8.52. The fraction of sp³-hybridized carbons (Fsp3) is 1.00. The molecule has 35 heavy (non-hydrogen) atoms. The largest absolute Gasteiger partial charge is 0.759 e. The van der Waals surface area contributed by atoms with Crippen LogP contribution in [0.5, 0.6) is 0 Å². The van der Waals surface area contributed by atoms with E-state index < -0.39 is 10.4 Å². The van der Waals surface area contributed by atoms with Gasteiger partial charge in [0.2, 0.25) is 0 Å². The maximum Gasteiger partial charge on any atom is 0.0466 e. The van der Waals surface area contributed by atoms with Crippen LogP contribution in [0.1, 0.15) is 168 Å². The lowest BCUT2D eigenvalue weighted by Gasteiger charge is -2.06. The molecule has 216 valence electrons. The lowest BCUT2D eigenvalue weighted by molar-refractivity contribution is 0.125. The Balaban J connectivity index is -0.00000154. The molecule has 4 N–H and O–H groups in total. The minimum absolute atomic E-state index is 0. The highest BCUT2D eigenvalue weighted by Crippen LogP contribution is 2.13. The monoisotopic (exact) mass is 524 g/mol. The van der Waals surface area contributed by atoms with E-state index in [9.17, 15) is 0 Å². The third kappa shape index (κ3) is 51.3. The molecule has 0 aliphatic carbocycles. The SMILES string of the molecule is CCCCCCCCCCCCCCOCCCCCCCCCCCCCC.O=S(=O)([O-])[O-].[NH4+]. The summed E-state index contributed by atoms with van der Waals surface area (Å²) >= 11 is 0. The molecule has 0 saturated carbocycles. The van der Waals surface area contributed by atoms with Gasteiger partial charge in [0.15, 0.2) is 0 Å². The molecule has 0 atom stereocenters. The molecule has 0 amide bonds. The zero-order chi connectivity index (χ0) is 25.6. The Bertz CT molecular complexity index is 426. The van der Waals surface area contributed by atoms with Gasteiger partial charge in [-0.25, -0.2) is 0 Å². The molecule has 0 aliphatic heterocycles. The van der Waals surface area contributed by atoms with Crippen molar-refractivity contribution in [3.63, 3.8) is 0 Å². The van der Waals surface area contributed by atoms with Gasteiger partial charge in [-0.3, -0.25) is 8.42 Å². The van der Waals surface area contributed by atoms with Crippen LogP contribution < -0.4 is 6.15 Å². The molecule has 0 aromatic rings. The smallest absolute Gasteiger partial charge is 0.0466 e. The number of ether oxygens (including phenoxy) is 1. The van der Waals surface area contributed by atoms with Crippen molar-refractivity contribution >= 4 is 10.4 Å². The third-order valence-corrected chi connectivity index (χ3v) is 6.28. The second-order valence-corrected chi connectivity index (χ2v) is 10.6. The van der Waals surface area contributed by atoms with Crippen molar-refractivity contribution in [2.75, 3.05) is 13.2 Å². The van der Waals surface area contributed by atoms with Crippen molar-refractivity contribution in [1.82, 2.24) is 6.15 Å². The molecule has 0 aromatic heterocycles. The van der Waals surface area contributed by atoms with Gasteiger partial charge >= 0.3 is 0 Å². The van der Waals surface area contributed by atoms with E-state index in [0.29, 0.717) is 0 Å². The molecule has 0 radical (unpaired) electrons. The van der Waals surface area contributed by atoms with Crippen molar-refractivity contribution in [2.45, 2.75) is 168 Å². The van der Waals surface area contributed by atoms with Crippen LogP contribution in [0.2, 0.25) is 0 Å². The van der Waals surface area contributed by atoms with Gasteiger partial charge in [0.1, 0.15) is 0 Å². The Labute approximate surface area is 219 Å². The first kappa shape index (κ1) is 39.3. The van der Waals surface area contributed by atoms with Crippen LogP contribution in [0.3, 0.4) is 0 Å². The van der Waals surface area contributed by atoms with E-state index in [4.69, 9.17) is 22.3 Å². The molecule has 0 unspecified atom stereocenters. The van der Waals surface area contributed by atoms with Crippen molar-refractivity contribution in [1.29, 1.82) is 0 Å². The Morgan fingerprint density at radius 1 is 0.429 bits per heavy atom. The van der Waals surface area contributed by atoms with E-state index in [2.05, 4.69) is 13.8 Å². The van der Waals surface area contributed by atoms with Crippen LogP contribution in [0.15, 0.2) is 0 Å². The molecular weight excluding hydrogens is 462 g/mol. The zero-order valence-corrected chi connectivity index (χ0v) is 24.7. The predicted octanol–water partition coefficient (Wildman–Crippen LogP) is 9.44. The molecule has 0 fully saturated rings. The van der Waals surface area contributed by atoms with Crippen molar-refractivity contribution in [3.8, 4) is 0 Å². The van der Waals surface area contributed by atoms with Crippen molar-refractivity contribution < 1.29 is 22.3 Å². The van der Waals surface area contributed by atoms with Gasteiger partial charge in [0.05, 0.1) is 0 Å². The molecular formula is C28H62NO5S-. The number of quaternary nitrogens is 1. The van der Waals surface area contributed by atoms with Crippen molar-refractivity contribution in [2.24, 2.45) is 0 Å². The zero-order valence-electron chi connectivity index (χ0n) is 23.8. The summed E-state index contributed by atoms with van der Waals surface area (Å²) in [4.78, 5) is 0. The van der Waals surface area contributed by atoms with Crippen LogP contribution in [0.4, 0.5) is 0 Å². The fourth-order valence-electron chi connectivity index (χ4n) is 4.19. The second kappa shape index (κ2) is 33.8. The van der Waals surface area contributed by atoms with Gasteiger partial charge in [0.25, 0.3) is 0 Å². The normalized spacial score (nSPS) is 11.1. The first-order valence-corrected chi connectivity index (χ1v) is 16.0. The summed E-state index contributed by atoms with van der Waals surface area (Å²) in [6, 6.07) is 0. The van der Waals surface area contributed by atoms with Gasteiger partial charge in [-0.05, 0) is 12.8 Å². The molecule has 0 aromatic carbocycles. The summed E-state index contributed by atoms with van der Waals surface area (Å²) in [5.74, 6) is 0. The van der Waals surface area contributed by atoms with Crippen LogP contribution in [-0.4, -0.2) is 30.7 Å². The van der Waals surface area contributed by atoms with Crippen LogP contribution >= 0.6 is 0 Å². The fourth-order valence-corrected chi connectivity index (χ4v) is 4.19. The van der Waals surface area contributed by atoms with Gasteiger partial charge in [-0.2, -0.15) is 0 Å². The molecule has 0 rings (SSSR count). The van der Waals surface area contributed by atoms with Crippen LogP contribution in [0, 0.1) is 0 Å². The first-order chi connectivity index (χ1) is 16.4. The van der Waals surface area contributed by atoms with Gasteiger partial charge in [-0.15, -0.1) is 0 Å². The molecule has 7 heteroatoms. The highest BCUT2D eigenvalue weighted by Gasteiger charge is 1.96. The Hall–Kier alpha value is -0.210. The van der Waals surface area contributed by atoms with E-state index in [-0.39, 0.29) is 6.15 Å². The van der Waals surface area contributed by atoms with Gasteiger partial charge in [0, 0.05) is 23.6 Å². The average Bonchev–Trinajstić information content (AvgIpc) is 2.78. The van der Waals surface area contributed by atoms with Crippen LogP contribution in [0.25, 0.3) is 0 Å². The predicted molar refractivity (Wildman–Crippen MR) is 149 cm³/mol. The summed E-state index contributed by atoms with van der Waals surface area (Å²) in [5.41, 5.74) is 0. The van der Waals surface area contributed by atoms with E-state index in [1.54, 1.807) is 0 Å². The number of hydrogen-bond acceptors (Lipinski definition) is 5. The minimum atomic E-state index is -5.17. The summed E-state index contributed by atoms with van der Waals surface area (Å²) < 4.78 is 39.9. The van der Waals surface area contributed by atoms with Crippen LogP contribution in [-0.2, 0) is 15.1 Å². The standard InChI is InChI=1S/C28H58O.H3N.H2O4S/c1-3-5-7-9-11-13-15-17-19-21-23-25-27-29-28-26-24-22-20-18-16-14-12-10-8-6-4-2;;1-5(2,3)4/h3-28H2,1-2H3;1H3;(H2,1,2,3,4)/p-1. The molecule has 0 saturated heterocycles. The summed E-state index contributed by atoms with van der Waals surface area (Å²) in [7, 11) is -5.17. The molecule has 0 spiro atoms. The quantitative estimate of drug-likeness (QED) is 0.0684. The van der Waals surface area contributed by atoms with E-state index in [0.717, 1.165) is 13.2 Å². The first-order valence-electron chi connectivity index (χ1n) is 14.7. The topological polar surface area (TPSA) is 126 Å². The van der Waals surface area contributed by atoms with E-state index in [1.165, 1.54) is 154 Å². The van der Waals surface area contributed by atoms with Gasteiger partial charge in [-0.1, -0.05) is 155 Å². The molecule has 0 bridgehead atoms. The molecule has 0 aliphatic rings. The number of rotatable bonds is 26. The van der Waals surface area contributed by atoms with Gasteiger partial charge < -0.3 is 20.0 Å². The third-order valence-electron chi connectivity index (χ3n) is 6.28. The lowest BCUT2D eigenvalue weighted by atomic mass is 10.1. The Kier molecular flexibility index (Phi) is 37.9. The van der Waals surface area contributed by atoms with E-state index in [1.807, 2.05) is 0 Å². The highest BCUT2D eigenvalue weighted by atomic mass is 32.3. The second-order valence-electron chi connectivity index (χ2n) is 9.80. The number of hydrogen-bond donors (Lipinski definition) is 1. The maximum atomic E-state index is 8.52. The molecule has 0 heterocycles. The average molecular weight is 525 g/mol. The highest BCUT2D eigenvalue weighted by molar-refractivity contribution is 7.79. The summed E-state index contributed by atoms with van der Waals surface area (Å²) in [6.45, 7) is 6.58. The Morgan fingerprint density at radius 3 is 0.800 bits per heavy atom. The van der Waals surface area contributed by atoms with Crippen molar-refractivity contribution in [3.05, 3.63) is 0 Å². The number of unbranched alkanes of at least 4 members (excludes halogenated alkanes) is 22. The summed E-state index contributed by atoms with van der Waals surface area (Å²) in [6.07, 6.45) is 34.1. The van der Waals surface area contributed by atoms with E-state index >= 15 is 0 Å². The Morgan fingerprint density at radius 2 is 0.600 bits per heavy atom. The summed E-state index contributed by atoms with van der Waals surface area (Å²) in [5, 5.41) is 0. The lowest BCUT2D eigenvalue weighted by Crippen LogP contribution is -1.97. The molecule has 6 nitrogen and oxygen atoms in total. The minimum Gasteiger partial charge on any atom is -0.759 e.